The molecule has 0 spiro atoms. The Morgan fingerprint density at radius 3 is 2.24 bits per heavy atom. The molecule has 1 aromatic rings. The smallest absolute Gasteiger partial charge is 0.370 e. The molecule has 17 heavy (non-hydrogen) atoms. The normalized spacial score (nSPS) is 17.4. The van der Waals surface area contributed by atoms with E-state index in [9.17, 15) is 18.0 Å². The molecule has 1 heterocycles. The van der Waals surface area contributed by atoms with E-state index in [0.717, 1.165) is 6.07 Å². The fraction of sp³-hybridized carbons (Fsp3) is 0.417. The monoisotopic (exact) mass is 243 g/mol. The second-order valence-electron chi connectivity index (χ2n) is 4.04. The van der Waals surface area contributed by atoms with Gasteiger partial charge in [-0.1, -0.05) is 12.1 Å². The number of hydrogen-bond donors (Lipinski definition) is 0. The van der Waals surface area contributed by atoms with Crippen molar-refractivity contribution >= 4 is 11.5 Å². The topological polar surface area (TPSA) is 20.3 Å². The van der Waals surface area contributed by atoms with Crippen LogP contribution in [0.4, 0.5) is 18.9 Å². The summed E-state index contributed by atoms with van der Waals surface area (Å²) in [4.78, 5) is 12.7. The summed E-state index contributed by atoms with van der Waals surface area (Å²) >= 11 is 0. The van der Waals surface area contributed by atoms with Gasteiger partial charge < -0.3 is 4.90 Å². The highest BCUT2D eigenvalue weighted by Crippen LogP contribution is 2.36. The van der Waals surface area contributed by atoms with E-state index in [1.165, 1.54) is 12.1 Å². The molecule has 0 N–H and O–H groups in total. The van der Waals surface area contributed by atoms with Gasteiger partial charge in [-0.15, -0.1) is 0 Å². The van der Waals surface area contributed by atoms with Gasteiger partial charge in [-0.05, 0) is 12.1 Å². The molecular formula is C12H12F3NO. The Hall–Kier alpha value is -1.52. The van der Waals surface area contributed by atoms with Crippen molar-refractivity contribution in [2.45, 2.75) is 19.0 Å². The van der Waals surface area contributed by atoms with Crippen molar-refractivity contribution in [3.05, 3.63) is 29.8 Å². The number of carbonyl (C=O) groups excluding carboxylic acids is 1. The van der Waals surface area contributed by atoms with Crippen LogP contribution in [-0.4, -0.2) is 18.9 Å². The lowest BCUT2D eigenvalue weighted by atomic mass is 10.1. The summed E-state index contributed by atoms with van der Waals surface area (Å²) in [6.07, 6.45) is -3.70. The molecule has 0 radical (unpaired) electrons. The summed E-state index contributed by atoms with van der Waals surface area (Å²) in [6.45, 7) is 0.734. The molecule has 0 atom stereocenters. The van der Waals surface area contributed by atoms with Crippen molar-refractivity contribution in [2.24, 2.45) is 0 Å². The quantitative estimate of drug-likeness (QED) is 0.756. The molecule has 0 amide bonds. The minimum Gasteiger partial charge on any atom is -0.370 e. The zero-order chi connectivity index (χ0) is 12.5. The third-order valence-electron chi connectivity index (χ3n) is 2.87. The van der Waals surface area contributed by atoms with E-state index >= 15 is 0 Å². The van der Waals surface area contributed by atoms with Gasteiger partial charge in [0.15, 0.2) is 0 Å². The van der Waals surface area contributed by atoms with Gasteiger partial charge in [-0.3, -0.25) is 4.79 Å². The summed E-state index contributed by atoms with van der Waals surface area (Å²) in [5, 5.41) is 0. The predicted octanol–water partition coefficient (Wildman–Crippen LogP) is 2.87. The number of benzene rings is 1. The Morgan fingerprint density at radius 2 is 1.65 bits per heavy atom. The molecule has 2 nitrogen and oxygen atoms in total. The summed E-state index contributed by atoms with van der Waals surface area (Å²) < 4.78 is 38.4. The van der Waals surface area contributed by atoms with E-state index in [1.54, 1.807) is 11.0 Å². The van der Waals surface area contributed by atoms with E-state index in [2.05, 4.69) is 0 Å². The van der Waals surface area contributed by atoms with Gasteiger partial charge in [0.1, 0.15) is 5.78 Å². The highest BCUT2D eigenvalue weighted by atomic mass is 19.4. The van der Waals surface area contributed by atoms with Crippen molar-refractivity contribution in [3.63, 3.8) is 0 Å². The van der Waals surface area contributed by atoms with Crippen LogP contribution in [0.3, 0.4) is 0 Å². The minimum absolute atomic E-state index is 0.116. The number of alkyl halides is 3. The highest BCUT2D eigenvalue weighted by Gasteiger charge is 2.35. The molecule has 0 aromatic heterocycles. The van der Waals surface area contributed by atoms with E-state index in [4.69, 9.17) is 0 Å². The fourth-order valence-corrected chi connectivity index (χ4v) is 1.99. The lowest BCUT2D eigenvalue weighted by molar-refractivity contribution is -0.137. The van der Waals surface area contributed by atoms with Crippen molar-refractivity contribution in [3.8, 4) is 0 Å². The summed E-state index contributed by atoms with van der Waals surface area (Å²) in [7, 11) is 0. The summed E-state index contributed by atoms with van der Waals surface area (Å²) in [6, 6.07) is 5.49. The number of nitrogens with zero attached hydrogens (tertiary/aromatic N) is 1. The van der Waals surface area contributed by atoms with Crippen LogP contribution in [0, 0.1) is 0 Å². The van der Waals surface area contributed by atoms with Gasteiger partial charge in [0.2, 0.25) is 0 Å². The zero-order valence-electron chi connectivity index (χ0n) is 9.13. The molecule has 92 valence electrons. The molecule has 0 bridgehead atoms. The maximum Gasteiger partial charge on any atom is 0.418 e. The van der Waals surface area contributed by atoms with E-state index in [0.29, 0.717) is 25.9 Å². The van der Waals surface area contributed by atoms with Crippen LogP contribution in [0.1, 0.15) is 18.4 Å². The van der Waals surface area contributed by atoms with E-state index in [1.807, 2.05) is 0 Å². The molecule has 0 aliphatic carbocycles. The lowest BCUT2D eigenvalue weighted by Crippen LogP contribution is -2.35. The van der Waals surface area contributed by atoms with Crippen molar-refractivity contribution < 1.29 is 18.0 Å². The van der Waals surface area contributed by atoms with Crippen molar-refractivity contribution in [2.75, 3.05) is 18.0 Å². The van der Waals surface area contributed by atoms with E-state index in [-0.39, 0.29) is 11.5 Å². The number of Topliss-reactive ketones (excluding diaryl/α,β-unsaturated/α-hetero) is 1. The third kappa shape index (κ3) is 2.60. The van der Waals surface area contributed by atoms with Crippen molar-refractivity contribution in [1.82, 2.24) is 0 Å². The maximum atomic E-state index is 12.8. The van der Waals surface area contributed by atoms with E-state index < -0.39 is 11.7 Å². The Labute approximate surface area is 97.0 Å². The largest absolute Gasteiger partial charge is 0.418 e. The number of carbonyl (C=O) groups is 1. The first kappa shape index (κ1) is 12.0. The molecule has 1 saturated heterocycles. The fourth-order valence-electron chi connectivity index (χ4n) is 1.99. The van der Waals surface area contributed by atoms with Gasteiger partial charge in [-0.2, -0.15) is 13.2 Å². The Morgan fingerprint density at radius 1 is 1.06 bits per heavy atom. The van der Waals surface area contributed by atoms with Crippen LogP contribution >= 0.6 is 0 Å². The second kappa shape index (κ2) is 4.39. The first-order valence-electron chi connectivity index (χ1n) is 5.41. The first-order valence-corrected chi connectivity index (χ1v) is 5.41. The van der Waals surface area contributed by atoms with Crippen LogP contribution in [0.25, 0.3) is 0 Å². The molecule has 1 aromatic carbocycles. The van der Waals surface area contributed by atoms with Crippen LogP contribution in [0.2, 0.25) is 0 Å². The van der Waals surface area contributed by atoms with Gasteiger partial charge >= 0.3 is 6.18 Å². The average Bonchev–Trinajstić information content (AvgIpc) is 2.29. The minimum atomic E-state index is -4.35. The molecule has 2 rings (SSSR count). The Bertz CT molecular complexity index is 418. The molecule has 0 unspecified atom stereocenters. The molecule has 0 saturated carbocycles. The van der Waals surface area contributed by atoms with Crippen LogP contribution < -0.4 is 4.90 Å². The zero-order valence-corrected chi connectivity index (χ0v) is 9.13. The number of hydrogen-bond acceptors (Lipinski definition) is 2. The SMILES string of the molecule is O=C1CCN(c2ccccc2C(F)(F)F)CC1. The number of halogens is 3. The number of para-hydroxylation sites is 1. The van der Waals surface area contributed by atoms with Crippen molar-refractivity contribution in [1.29, 1.82) is 0 Å². The molecule has 1 aliphatic heterocycles. The van der Waals surface area contributed by atoms with Gasteiger partial charge in [0, 0.05) is 31.6 Å². The second-order valence-corrected chi connectivity index (χ2v) is 4.04. The molecular weight excluding hydrogens is 231 g/mol. The predicted molar refractivity (Wildman–Crippen MR) is 57.9 cm³/mol. The van der Waals surface area contributed by atoms with Gasteiger partial charge in [0.25, 0.3) is 0 Å². The van der Waals surface area contributed by atoms with Gasteiger partial charge in [0.05, 0.1) is 5.56 Å². The number of anilines is 1. The van der Waals surface area contributed by atoms with Crippen LogP contribution in [0.15, 0.2) is 24.3 Å². The Kier molecular flexibility index (Phi) is 3.09. The standard InChI is InChI=1S/C12H12F3NO/c13-12(14,15)10-3-1-2-4-11(10)16-7-5-9(17)6-8-16/h1-4H,5-8H2. The number of piperidine rings is 1. The lowest BCUT2D eigenvalue weighted by Gasteiger charge is -2.30. The summed E-state index contributed by atoms with van der Waals surface area (Å²) in [5.74, 6) is 0.116. The number of rotatable bonds is 1. The first-order chi connectivity index (χ1) is 7.98. The average molecular weight is 243 g/mol. The summed E-state index contributed by atoms with van der Waals surface area (Å²) in [5.41, 5.74) is -0.457. The highest BCUT2D eigenvalue weighted by molar-refractivity contribution is 5.81. The maximum absolute atomic E-state index is 12.8. The van der Waals surface area contributed by atoms with Crippen LogP contribution in [-0.2, 0) is 11.0 Å². The number of ketones is 1. The van der Waals surface area contributed by atoms with Crippen LogP contribution in [0.5, 0.6) is 0 Å². The third-order valence-corrected chi connectivity index (χ3v) is 2.87. The molecule has 1 fully saturated rings. The molecule has 1 aliphatic rings. The van der Waals surface area contributed by atoms with Gasteiger partial charge in [-0.25, -0.2) is 0 Å². The molecule has 5 heteroatoms. The Balaban J connectivity index is 2.29.